The number of nitro benzene ring substituents is 1. The predicted octanol–water partition coefficient (Wildman–Crippen LogP) is 4.08. The minimum absolute atomic E-state index is 0.0167. The first-order valence-electron chi connectivity index (χ1n) is 8.39. The van der Waals surface area contributed by atoms with Crippen LogP contribution in [0.5, 0.6) is 11.5 Å². The maximum absolute atomic E-state index is 11.1. The highest BCUT2D eigenvalue weighted by Crippen LogP contribution is 2.31. The van der Waals surface area contributed by atoms with Crippen LogP contribution in [0.1, 0.15) is 5.56 Å². The molecular weight excluding hydrogens is 394 g/mol. The van der Waals surface area contributed by atoms with E-state index in [4.69, 9.17) is 21.7 Å². The second-order valence-electron chi connectivity index (χ2n) is 5.67. The highest BCUT2D eigenvalue weighted by molar-refractivity contribution is 7.71. The molecule has 0 atom stereocenters. The average Bonchev–Trinajstić information content (AvgIpc) is 3.11. The Hall–Kier alpha value is -3.79. The number of benzene rings is 2. The molecule has 0 amide bonds. The van der Waals surface area contributed by atoms with Gasteiger partial charge in [0.25, 0.3) is 5.69 Å². The smallest absolute Gasteiger partial charge is 0.276 e. The number of H-pyrrole nitrogens is 1. The molecule has 0 spiro atoms. The lowest BCUT2D eigenvalue weighted by Crippen LogP contribution is -1.96. The van der Waals surface area contributed by atoms with Gasteiger partial charge in [-0.05, 0) is 48.6 Å². The topological polar surface area (TPSA) is 108 Å². The van der Waals surface area contributed by atoms with Gasteiger partial charge < -0.3 is 9.47 Å². The van der Waals surface area contributed by atoms with E-state index in [0.717, 1.165) is 5.56 Å². The third kappa shape index (κ3) is 4.38. The molecule has 0 aliphatic carbocycles. The molecule has 0 aliphatic heterocycles. The molecule has 10 heteroatoms. The molecule has 148 valence electrons. The van der Waals surface area contributed by atoms with Crippen LogP contribution in [0.2, 0.25) is 0 Å². The van der Waals surface area contributed by atoms with Crippen molar-refractivity contribution in [3.8, 4) is 22.9 Å². The lowest BCUT2D eigenvalue weighted by molar-refractivity contribution is -0.385. The van der Waals surface area contributed by atoms with Crippen molar-refractivity contribution in [3.05, 3.63) is 69.0 Å². The molecule has 1 heterocycles. The average molecular weight is 411 g/mol. The molecule has 0 bridgehead atoms. The fourth-order valence-corrected chi connectivity index (χ4v) is 2.79. The fraction of sp³-hybridized carbons (Fsp3) is 0.105. The Kier molecular flexibility index (Phi) is 6.15. The number of rotatable bonds is 7. The molecule has 9 nitrogen and oxygen atoms in total. The van der Waals surface area contributed by atoms with Crippen LogP contribution in [0, 0.1) is 14.9 Å². The Morgan fingerprint density at radius 3 is 2.69 bits per heavy atom. The van der Waals surface area contributed by atoms with Gasteiger partial charge in [-0.2, -0.15) is 14.9 Å². The Morgan fingerprint density at radius 2 is 1.97 bits per heavy atom. The van der Waals surface area contributed by atoms with E-state index in [1.807, 2.05) is 6.07 Å². The van der Waals surface area contributed by atoms with Crippen molar-refractivity contribution >= 4 is 30.2 Å². The van der Waals surface area contributed by atoms with Crippen molar-refractivity contribution in [1.82, 2.24) is 14.9 Å². The van der Waals surface area contributed by atoms with Crippen molar-refractivity contribution in [1.29, 1.82) is 0 Å². The van der Waals surface area contributed by atoms with Gasteiger partial charge in [0.15, 0.2) is 17.3 Å². The van der Waals surface area contributed by atoms with Gasteiger partial charge in [0.1, 0.15) is 0 Å². The Morgan fingerprint density at radius 1 is 1.21 bits per heavy atom. The Balaban J connectivity index is 1.90. The first-order chi connectivity index (χ1) is 14.0. The normalized spacial score (nSPS) is 11.2. The van der Waals surface area contributed by atoms with Gasteiger partial charge in [0.2, 0.25) is 4.77 Å². The number of nitro groups is 1. The van der Waals surface area contributed by atoms with Gasteiger partial charge in [-0.25, -0.2) is 5.10 Å². The zero-order chi connectivity index (χ0) is 20.8. The number of methoxy groups -OCH3 is 2. The second kappa shape index (κ2) is 8.93. The largest absolute Gasteiger partial charge is 0.493 e. The molecule has 0 fully saturated rings. The summed E-state index contributed by atoms with van der Waals surface area (Å²) in [5.41, 5.74) is 1.21. The van der Waals surface area contributed by atoms with Crippen molar-refractivity contribution in [2.75, 3.05) is 14.2 Å². The summed E-state index contributed by atoms with van der Waals surface area (Å²) >= 11 is 5.24. The number of aromatic nitrogens is 3. The Labute approximate surface area is 171 Å². The third-order valence-corrected chi connectivity index (χ3v) is 4.23. The van der Waals surface area contributed by atoms with Crippen LogP contribution in [-0.2, 0) is 0 Å². The molecule has 0 unspecified atom stereocenters. The van der Waals surface area contributed by atoms with E-state index in [9.17, 15) is 10.1 Å². The molecule has 1 aromatic heterocycles. The van der Waals surface area contributed by atoms with Gasteiger partial charge in [-0.1, -0.05) is 12.1 Å². The summed E-state index contributed by atoms with van der Waals surface area (Å²) in [5.74, 6) is 1.62. The molecule has 0 saturated carbocycles. The van der Waals surface area contributed by atoms with E-state index >= 15 is 0 Å². The molecule has 3 rings (SSSR count). The molecule has 0 saturated heterocycles. The summed E-state index contributed by atoms with van der Waals surface area (Å²) in [4.78, 5) is 10.6. The van der Waals surface area contributed by atoms with Crippen LogP contribution in [0.15, 0.2) is 53.6 Å². The van der Waals surface area contributed by atoms with Gasteiger partial charge in [0, 0.05) is 17.8 Å². The predicted molar refractivity (Wildman–Crippen MR) is 112 cm³/mol. The molecular formula is C19H17N5O4S. The van der Waals surface area contributed by atoms with Crippen LogP contribution in [-0.4, -0.2) is 40.2 Å². The lowest BCUT2D eigenvalue weighted by Gasteiger charge is -2.08. The first kappa shape index (κ1) is 20.0. The van der Waals surface area contributed by atoms with Gasteiger partial charge in [0.05, 0.1) is 24.7 Å². The lowest BCUT2D eigenvalue weighted by atomic mass is 10.1. The van der Waals surface area contributed by atoms with E-state index in [-0.39, 0.29) is 5.69 Å². The second-order valence-corrected chi connectivity index (χ2v) is 6.06. The van der Waals surface area contributed by atoms with Crippen molar-refractivity contribution in [2.24, 2.45) is 5.10 Å². The summed E-state index contributed by atoms with van der Waals surface area (Å²) < 4.78 is 12.3. The minimum atomic E-state index is -0.432. The number of allylic oxidation sites excluding steroid dienone is 1. The molecule has 0 radical (unpaired) electrons. The SMILES string of the molecule is COc1ccc(-c2n[nH]c(=S)n2/N=C\C=C\c2ccccc2[N+](=O)[O-])cc1OC. The zero-order valence-corrected chi connectivity index (χ0v) is 16.4. The summed E-state index contributed by atoms with van der Waals surface area (Å²) in [6, 6.07) is 11.8. The number of hydrogen-bond acceptors (Lipinski definition) is 7. The van der Waals surface area contributed by atoms with Gasteiger partial charge in [-0.15, -0.1) is 0 Å². The maximum Gasteiger partial charge on any atom is 0.276 e. The number of hydrogen-bond donors (Lipinski definition) is 1. The van der Waals surface area contributed by atoms with Crippen molar-refractivity contribution < 1.29 is 14.4 Å². The van der Waals surface area contributed by atoms with Gasteiger partial charge >= 0.3 is 0 Å². The van der Waals surface area contributed by atoms with E-state index in [1.165, 1.54) is 17.0 Å². The summed E-state index contributed by atoms with van der Waals surface area (Å²) in [5, 5.41) is 22.3. The van der Waals surface area contributed by atoms with Crippen LogP contribution >= 0.6 is 12.2 Å². The zero-order valence-electron chi connectivity index (χ0n) is 15.6. The highest BCUT2D eigenvalue weighted by atomic mass is 32.1. The summed E-state index contributed by atoms with van der Waals surface area (Å²) in [6.45, 7) is 0. The van der Waals surface area contributed by atoms with Crippen molar-refractivity contribution in [3.63, 3.8) is 0 Å². The minimum Gasteiger partial charge on any atom is -0.493 e. The molecule has 2 aromatic carbocycles. The molecule has 1 N–H and O–H groups in total. The van der Waals surface area contributed by atoms with E-state index in [2.05, 4.69) is 15.3 Å². The number of nitrogens with zero attached hydrogens (tertiary/aromatic N) is 4. The Bertz CT molecular complexity index is 1150. The number of aromatic amines is 1. The van der Waals surface area contributed by atoms with E-state index in [0.29, 0.717) is 27.7 Å². The van der Waals surface area contributed by atoms with Crippen LogP contribution in [0.25, 0.3) is 17.5 Å². The first-order valence-corrected chi connectivity index (χ1v) is 8.80. The highest BCUT2D eigenvalue weighted by Gasteiger charge is 2.12. The maximum atomic E-state index is 11.1. The van der Waals surface area contributed by atoms with E-state index < -0.39 is 4.92 Å². The molecule has 3 aromatic rings. The fourth-order valence-electron chi connectivity index (χ4n) is 2.61. The quantitative estimate of drug-likeness (QED) is 0.272. The summed E-state index contributed by atoms with van der Waals surface area (Å²) in [6.07, 6.45) is 4.67. The third-order valence-electron chi connectivity index (χ3n) is 3.97. The van der Waals surface area contributed by atoms with E-state index in [1.54, 1.807) is 56.7 Å². The number of nitrogens with one attached hydrogen (secondary N) is 1. The summed E-state index contributed by atoms with van der Waals surface area (Å²) in [7, 11) is 3.10. The van der Waals surface area contributed by atoms with Gasteiger partial charge in [-0.3, -0.25) is 10.1 Å². The monoisotopic (exact) mass is 411 g/mol. The van der Waals surface area contributed by atoms with Crippen LogP contribution in [0.4, 0.5) is 5.69 Å². The number of ether oxygens (including phenoxy) is 2. The molecule has 0 aliphatic rings. The van der Waals surface area contributed by atoms with Crippen molar-refractivity contribution in [2.45, 2.75) is 0 Å². The molecule has 29 heavy (non-hydrogen) atoms. The standard InChI is InChI=1S/C19H17N5O4S/c1-27-16-10-9-14(12-17(16)28-2)18-21-22-19(29)23(18)20-11-5-7-13-6-3-4-8-15(13)24(25)26/h3-12H,1-2H3,(H,22,29)/b7-5+,20-11-. The van der Waals surface area contributed by atoms with Crippen LogP contribution < -0.4 is 9.47 Å². The van der Waals surface area contributed by atoms with Crippen LogP contribution in [0.3, 0.4) is 0 Å². The number of para-hydroxylation sites is 1.